The van der Waals surface area contributed by atoms with Crippen LogP contribution in [0.3, 0.4) is 0 Å². The average Bonchev–Trinajstić information content (AvgIpc) is 2.74. The van der Waals surface area contributed by atoms with Crippen LogP contribution in [0.4, 0.5) is 0 Å². The van der Waals surface area contributed by atoms with Gasteiger partial charge < -0.3 is 13.9 Å². The lowest BCUT2D eigenvalue weighted by Gasteiger charge is -2.36. The molecular formula is C14H21NO4. The van der Waals surface area contributed by atoms with Gasteiger partial charge in [-0.3, -0.25) is 4.90 Å². The number of hydrogen-bond donors (Lipinski definition) is 0. The summed E-state index contributed by atoms with van der Waals surface area (Å²) in [5, 5.41) is 0. The van der Waals surface area contributed by atoms with Crippen LogP contribution in [0, 0.1) is 6.92 Å². The second kappa shape index (κ2) is 5.75. The molecule has 0 radical (unpaired) electrons. The van der Waals surface area contributed by atoms with Gasteiger partial charge in [-0.15, -0.1) is 0 Å². The standard InChI is InChI=1S/C14H21NO4/c1-9-5-12(19-13(9)14(16)17-4)7-15-6-11(3)18-8-10(15)2/h5,10-11H,6-8H2,1-4H3/t10-,11+/m1/s1. The highest BCUT2D eigenvalue weighted by Gasteiger charge is 2.25. The smallest absolute Gasteiger partial charge is 0.374 e. The van der Waals surface area contributed by atoms with Crippen LogP contribution in [0.25, 0.3) is 0 Å². The lowest BCUT2D eigenvalue weighted by molar-refractivity contribution is -0.0546. The number of morpholine rings is 1. The second-order valence-electron chi connectivity index (χ2n) is 5.14. The minimum absolute atomic E-state index is 0.229. The number of rotatable bonds is 3. The molecule has 1 aliphatic rings. The molecule has 2 rings (SSSR count). The molecule has 5 nitrogen and oxygen atoms in total. The number of methoxy groups -OCH3 is 1. The third-order valence-electron chi connectivity index (χ3n) is 3.44. The molecule has 1 saturated heterocycles. The molecule has 0 bridgehead atoms. The highest BCUT2D eigenvalue weighted by atomic mass is 16.5. The first kappa shape index (κ1) is 14.1. The van der Waals surface area contributed by atoms with E-state index in [1.807, 2.05) is 13.0 Å². The fourth-order valence-electron chi connectivity index (χ4n) is 2.31. The molecule has 0 spiro atoms. The molecule has 5 heteroatoms. The predicted molar refractivity (Wildman–Crippen MR) is 70.1 cm³/mol. The number of nitrogens with zero attached hydrogens (tertiary/aromatic N) is 1. The van der Waals surface area contributed by atoms with Crippen molar-refractivity contribution in [2.75, 3.05) is 20.3 Å². The van der Waals surface area contributed by atoms with Gasteiger partial charge in [0.25, 0.3) is 0 Å². The van der Waals surface area contributed by atoms with Gasteiger partial charge in [0.2, 0.25) is 5.76 Å². The van der Waals surface area contributed by atoms with Crippen LogP contribution >= 0.6 is 0 Å². The average molecular weight is 267 g/mol. The van der Waals surface area contributed by atoms with E-state index in [1.54, 1.807) is 0 Å². The van der Waals surface area contributed by atoms with Crippen molar-refractivity contribution in [2.24, 2.45) is 0 Å². The van der Waals surface area contributed by atoms with Crippen LogP contribution in [-0.4, -0.2) is 43.3 Å². The van der Waals surface area contributed by atoms with Gasteiger partial charge in [0.1, 0.15) is 5.76 Å². The van der Waals surface area contributed by atoms with Crippen molar-refractivity contribution in [2.45, 2.75) is 39.5 Å². The van der Waals surface area contributed by atoms with Gasteiger partial charge in [0.05, 0.1) is 26.4 Å². The fourth-order valence-corrected chi connectivity index (χ4v) is 2.31. The Morgan fingerprint density at radius 1 is 1.53 bits per heavy atom. The molecule has 1 aliphatic heterocycles. The third kappa shape index (κ3) is 3.16. The van der Waals surface area contributed by atoms with Crippen LogP contribution in [0.1, 0.15) is 35.7 Å². The predicted octanol–water partition coefficient (Wildman–Crippen LogP) is 1.98. The molecule has 106 valence electrons. The molecule has 2 atom stereocenters. The molecule has 0 unspecified atom stereocenters. The van der Waals surface area contributed by atoms with Gasteiger partial charge in [-0.2, -0.15) is 0 Å². The molecule has 1 aromatic heterocycles. The van der Waals surface area contributed by atoms with E-state index in [0.29, 0.717) is 18.3 Å². The summed E-state index contributed by atoms with van der Waals surface area (Å²) >= 11 is 0. The van der Waals surface area contributed by atoms with E-state index < -0.39 is 5.97 Å². The second-order valence-corrected chi connectivity index (χ2v) is 5.14. The van der Waals surface area contributed by atoms with Crippen molar-refractivity contribution < 1.29 is 18.7 Å². The monoisotopic (exact) mass is 267 g/mol. The number of carbonyl (C=O) groups is 1. The summed E-state index contributed by atoms with van der Waals surface area (Å²) in [7, 11) is 1.36. The summed E-state index contributed by atoms with van der Waals surface area (Å²) < 4.78 is 15.9. The summed E-state index contributed by atoms with van der Waals surface area (Å²) in [5.41, 5.74) is 0.816. The molecule has 0 amide bonds. The van der Waals surface area contributed by atoms with Crippen LogP contribution < -0.4 is 0 Å². The largest absolute Gasteiger partial charge is 0.463 e. The molecule has 0 saturated carbocycles. The minimum atomic E-state index is -0.424. The Morgan fingerprint density at radius 3 is 2.95 bits per heavy atom. The van der Waals surface area contributed by atoms with Crippen molar-refractivity contribution >= 4 is 5.97 Å². The van der Waals surface area contributed by atoms with Gasteiger partial charge in [0, 0.05) is 18.2 Å². The van der Waals surface area contributed by atoms with Crippen molar-refractivity contribution in [1.29, 1.82) is 0 Å². The van der Waals surface area contributed by atoms with Gasteiger partial charge >= 0.3 is 5.97 Å². The number of furan rings is 1. The van der Waals surface area contributed by atoms with E-state index in [4.69, 9.17) is 13.9 Å². The molecule has 0 aromatic carbocycles. The zero-order valence-electron chi connectivity index (χ0n) is 11.9. The number of esters is 1. The van der Waals surface area contributed by atoms with E-state index in [9.17, 15) is 4.79 Å². The quantitative estimate of drug-likeness (QED) is 0.784. The van der Waals surface area contributed by atoms with Crippen molar-refractivity contribution in [3.05, 3.63) is 23.2 Å². The first-order valence-corrected chi connectivity index (χ1v) is 6.54. The first-order valence-electron chi connectivity index (χ1n) is 6.54. The first-order chi connectivity index (χ1) is 9.01. The Morgan fingerprint density at radius 2 is 2.26 bits per heavy atom. The van der Waals surface area contributed by atoms with E-state index in [2.05, 4.69) is 18.7 Å². The SMILES string of the molecule is COC(=O)c1oc(CN2C[C@H](C)OC[C@H]2C)cc1C. The number of ether oxygens (including phenoxy) is 2. The highest BCUT2D eigenvalue weighted by molar-refractivity contribution is 5.87. The topological polar surface area (TPSA) is 51.9 Å². The zero-order chi connectivity index (χ0) is 14.0. The molecule has 0 aliphatic carbocycles. The van der Waals surface area contributed by atoms with Gasteiger partial charge in [-0.25, -0.2) is 4.79 Å². The maximum Gasteiger partial charge on any atom is 0.374 e. The maximum atomic E-state index is 11.5. The Balaban J connectivity index is 2.08. The van der Waals surface area contributed by atoms with Crippen molar-refractivity contribution in [1.82, 2.24) is 4.90 Å². The summed E-state index contributed by atoms with van der Waals surface area (Å²) in [4.78, 5) is 13.8. The summed E-state index contributed by atoms with van der Waals surface area (Å²) in [6.45, 7) is 8.32. The van der Waals surface area contributed by atoms with Crippen molar-refractivity contribution in [3.8, 4) is 0 Å². The molecule has 19 heavy (non-hydrogen) atoms. The Kier molecular flexibility index (Phi) is 4.27. The molecule has 0 N–H and O–H groups in total. The summed E-state index contributed by atoms with van der Waals surface area (Å²) in [6.07, 6.45) is 0.229. The lowest BCUT2D eigenvalue weighted by atomic mass is 10.2. The fraction of sp³-hybridized carbons (Fsp3) is 0.643. The zero-order valence-corrected chi connectivity index (χ0v) is 11.9. The maximum absolute atomic E-state index is 11.5. The number of carbonyl (C=O) groups excluding carboxylic acids is 1. The van der Waals surface area contributed by atoms with Crippen LogP contribution in [0.2, 0.25) is 0 Å². The number of hydrogen-bond acceptors (Lipinski definition) is 5. The van der Waals surface area contributed by atoms with E-state index >= 15 is 0 Å². The van der Waals surface area contributed by atoms with Crippen molar-refractivity contribution in [3.63, 3.8) is 0 Å². The molecular weight excluding hydrogens is 246 g/mol. The minimum Gasteiger partial charge on any atom is -0.463 e. The van der Waals surface area contributed by atoms with Crippen LogP contribution in [0.15, 0.2) is 10.5 Å². The lowest BCUT2D eigenvalue weighted by Crippen LogP contribution is -2.46. The Labute approximate surface area is 113 Å². The van der Waals surface area contributed by atoms with E-state index in [1.165, 1.54) is 7.11 Å². The van der Waals surface area contributed by atoms with E-state index in [-0.39, 0.29) is 6.10 Å². The molecule has 1 fully saturated rings. The Hall–Kier alpha value is -1.33. The van der Waals surface area contributed by atoms with Gasteiger partial charge in [0.15, 0.2) is 0 Å². The molecule has 1 aromatic rings. The van der Waals surface area contributed by atoms with E-state index in [0.717, 1.165) is 24.5 Å². The highest BCUT2D eigenvalue weighted by Crippen LogP contribution is 2.20. The van der Waals surface area contributed by atoms with Gasteiger partial charge in [-0.1, -0.05) is 0 Å². The number of aryl methyl sites for hydroxylation is 1. The normalized spacial score (nSPS) is 24.4. The van der Waals surface area contributed by atoms with Gasteiger partial charge in [-0.05, 0) is 26.8 Å². The molecule has 2 heterocycles. The summed E-state index contributed by atoms with van der Waals surface area (Å²) in [5.74, 6) is 0.664. The third-order valence-corrected chi connectivity index (χ3v) is 3.44. The summed E-state index contributed by atoms with van der Waals surface area (Å²) in [6, 6.07) is 2.25. The Bertz CT molecular complexity index is 454. The van der Waals surface area contributed by atoms with Crippen LogP contribution in [-0.2, 0) is 16.0 Å². The van der Waals surface area contributed by atoms with Crippen LogP contribution in [0.5, 0.6) is 0 Å².